The van der Waals surface area contributed by atoms with Crippen LogP contribution in [0.25, 0.3) is 0 Å². The second kappa shape index (κ2) is 7.01. The summed E-state index contributed by atoms with van der Waals surface area (Å²) in [6, 6.07) is 4.25. The first-order chi connectivity index (χ1) is 9.04. The number of esters is 1. The zero-order valence-corrected chi connectivity index (χ0v) is 11.5. The minimum absolute atomic E-state index is 0.143. The van der Waals surface area contributed by atoms with Crippen LogP contribution in [0, 0.1) is 0 Å². The zero-order valence-electron chi connectivity index (χ0n) is 10.7. The summed E-state index contributed by atoms with van der Waals surface area (Å²) in [6.07, 6.45) is 1.22. The van der Waals surface area contributed by atoms with Crippen LogP contribution in [0.5, 0.6) is 0 Å². The van der Waals surface area contributed by atoms with Crippen molar-refractivity contribution >= 4 is 29.2 Å². The summed E-state index contributed by atoms with van der Waals surface area (Å²) in [5.74, 6) is -0.626. The van der Waals surface area contributed by atoms with E-state index in [1.54, 1.807) is 0 Å². The van der Waals surface area contributed by atoms with Gasteiger partial charge in [0.15, 0.2) is 0 Å². The molecule has 0 aromatic heterocycles. The number of methoxy groups -OCH3 is 1. The lowest BCUT2D eigenvalue weighted by molar-refractivity contribution is 0.0601. The van der Waals surface area contributed by atoms with E-state index in [1.165, 1.54) is 25.3 Å². The van der Waals surface area contributed by atoms with E-state index >= 15 is 0 Å². The largest absolute Gasteiger partial charge is 0.465 e. The summed E-state index contributed by atoms with van der Waals surface area (Å²) in [7, 11) is 1.22. The van der Waals surface area contributed by atoms with E-state index in [0.717, 1.165) is 4.31 Å². The van der Waals surface area contributed by atoms with Gasteiger partial charge < -0.3 is 4.74 Å². The highest BCUT2D eigenvalue weighted by atomic mass is 32.2. The van der Waals surface area contributed by atoms with Gasteiger partial charge >= 0.3 is 5.97 Å². The summed E-state index contributed by atoms with van der Waals surface area (Å²) in [5.41, 5.74) is 0.664. The standard InChI is InChI=1S/C12H15NO5S/c1-3-6-13(19(16)17)11-7-9(8-14)4-5-10(11)12(15)18-2/h4-5,7-8H,3,6H2,1-2H3,(H,16,17). The van der Waals surface area contributed by atoms with Gasteiger partial charge in [0.25, 0.3) is 11.3 Å². The molecule has 1 aromatic rings. The predicted molar refractivity (Wildman–Crippen MR) is 71.6 cm³/mol. The van der Waals surface area contributed by atoms with Gasteiger partial charge in [-0.3, -0.25) is 13.7 Å². The molecular formula is C12H15NO5S. The number of aldehydes is 1. The van der Waals surface area contributed by atoms with Crippen LogP contribution in [0.2, 0.25) is 0 Å². The summed E-state index contributed by atoms with van der Waals surface area (Å²) in [5, 5.41) is 0. The highest BCUT2D eigenvalue weighted by Gasteiger charge is 2.20. The van der Waals surface area contributed by atoms with Crippen molar-refractivity contribution in [1.82, 2.24) is 0 Å². The molecule has 7 heteroatoms. The number of ether oxygens (including phenoxy) is 1. The van der Waals surface area contributed by atoms with Gasteiger partial charge in [-0.2, -0.15) is 0 Å². The van der Waals surface area contributed by atoms with Crippen molar-refractivity contribution < 1.29 is 23.1 Å². The highest BCUT2D eigenvalue weighted by molar-refractivity contribution is 7.80. The van der Waals surface area contributed by atoms with Crippen molar-refractivity contribution in [2.24, 2.45) is 0 Å². The SMILES string of the molecule is CCCN(c1cc(C=O)ccc1C(=O)OC)S(=O)O. The number of anilines is 1. The molecule has 1 rings (SSSR count). The molecule has 1 atom stereocenters. The molecule has 104 valence electrons. The summed E-state index contributed by atoms with van der Waals surface area (Å²) in [4.78, 5) is 22.4. The van der Waals surface area contributed by atoms with Gasteiger partial charge in [-0.1, -0.05) is 13.0 Å². The molecular weight excluding hydrogens is 270 g/mol. The van der Waals surface area contributed by atoms with Gasteiger partial charge in [-0.15, -0.1) is 0 Å². The van der Waals surface area contributed by atoms with Crippen LogP contribution in [0.15, 0.2) is 18.2 Å². The van der Waals surface area contributed by atoms with E-state index in [0.29, 0.717) is 18.3 Å². The third kappa shape index (κ3) is 3.62. The van der Waals surface area contributed by atoms with Gasteiger partial charge in [0.05, 0.1) is 18.4 Å². The van der Waals surface area contributed by atoms with Gasteiger partial charge in [0.1, 0.15) is 6.29 Å². The molecule has 0 saturated carbocycles. The van der Waals surface area contributed by atoms with Crippen molar-refractivity contribution in [3.05, 3.63) is 29.3 Å². The normalized spacial score (nSPS) is 11.7. The lowest BCUT2D eigenvalue weighted by atomic mass is 10.1. The van der Waals surface area contributed by atoms with Gasteiger partial charge in [0.2, 0.25) is 0 Å². The number of hydrogen-bond donors (Lipinski definition) is 1. The molecule has 0 aliphatic rings. The predicted octanol–water partition coefficient (Wildman–Crippen LogP) is 1.64. The Balaban J connectivity index is 3.37. The molecule has 0 bridgehead atoms. The number of rotatable bonds is 6. The van der Waals surface area contributed by atoms with E-state index in [-0.39, 0.29) is 17.8 Å². The lowest BCUT2D eigenvalue weighted by Crippen LogP contribution is -2.28. The van der Waals surface area contributed by atoms with E-state index < -0.39 is 17.2 Å². The molecule has 19 heavy (non-hydrogen) atoms. The highest BCUT2D eigenvalue weighted by Crippen LogP contribution is 2.24. The van der Waals surface area contributed by atoms with Crippen molar-refractivity contribution in [2.45, 2.75) is 13.3 Å². The molecule has 0 aliphatic carbocycles. The molecule has 0 spiro atoms. The quantitative estimate of drug-likeness (QED) is 0.488. The Hall–Kier alpha value is -1.73. The Morgan fingerprint density at radius 2 is 2.21 bits per heavy atom. The first-order valence-corrected chi connectivity index (χ1v) is 6.67. The average molecular weight is 285 g/mol. The Morgan fingerprint density at radius 1 is 1.53 bits per heavy atom. The molecule has 0 amide bonds. The van der Waals surface area contributed by atoms with E-state index in [2.05, 4.69) is 4.74 Å². The Labute approximate surface area is 113 Å². The summed E-state index contributed by atoms with van der Waals surface area (Å²) in [6.45, 7) is 2.11. The maximum absolute atomic E-state index is 11.6. The fourth-order valence-electron chi connectivity index (χ4n) is 1.60. The topological polar surface area (TPSA) is 83.9 Å². The number of hydrogen-bond acceptors (Lipinski definition) is 4. The van der Waals surface area contributed by atoms with E-state index in [1.807, 2.05) is 6.92 Å². The van der Waals surface area contributed by atoms with Crippen LogP contribution in [0.4, 0.5) is 5.69 Å². The van der Waals surface area contributed by atoms with Crippen molar-refractivity contribution in [2.75, 3.05) is 18.0 Å². The third-order valence-electron chi connectivity index (χ3n) is 2.45. The number of carbonyl (C=O) groups is 2. The molecule has 0 aliphatic heterocycles. The van der Waals surface area contributed by atoms with Crippen LogP contribution >= 0.6 is 0 Å². The molecule has 1 unspecified atom stereocenters. The minimum atomic E-state index is -2.28. The Bertz CT molecular complexity index is 503. The minimum Gasteiger partial charge on any atom is -0.465 e. The Kier molecular flexibility index (Phi) is 5.65. The molecule has 6 nitrogen and oxygen atoms in total. The smallest absolute Gasteiger partial charge is 0.340 e. The first kappa shape index (κ1) is 15.3. The second-order valence-corrected chi connectivity index (χ2v) is 4.62. The summed E-state index contributed by atoms with van der Waals surface area (Å²) >= 11 is -2.28. The fraction of sp³-hybridized carbons (Fsp3) is 0.333. The van der Waals surface area contributed by atoms with Crippen LogP contribution in [-0.2, 0) is 16.0 Å². The number of nitrogens with zero attached hydrogens (tertiary/aromatic N) is 1. The van der Waals surface area contributed by atoms with Gasteiger partial charge in [0, 0.05) is 12.1 Å². The second-order valence-electron chi connectivity index (χ2n) is 3.72. The zero-order chi connectivity index (χ0) is 14.4. The van der Waals surface area contributed by atoms with E-state index in [4.69, 9.17) is 0 Å². The maximum Gasteiger partial charge on any atom is 0.340 e. The van der Waals surface area contributed by atoms with Crippen molar-refractivity contribution in [3.8, 4) is 0 Å². The maximum atomic E-state index is 11.6. The van der Waals surface area contributed by atoms with Crippen LogP contribution < -0.4 is 4.31 Å². The van der Waals surface area contributed by atoms with Crippen LogP contribution in [0.1, 0.15) is 34.1 Å². The molecule has 1 N–H and O–H groups in total. The molecule has 0 heterocycles. The van der Waals surface area contributed by atoms with Crippen molar-refractivity contribution in [1.29, 1.82) is 0 Å². The van der Waals surface area contributed by atoms with Crippen LogP contribution in [0.3, 0.4) is 0 Å². The van der Waals surface area contributed by atoms with Gasteiger partial charge in [-0.25, -0.2) is 9.00 Å². The fourth-order valence-corrected chi connectivity index (χ4v) is 2.25. The van der Waals surface area contributed by atoms with Gasteiger partial charge in [-0.05, 0) is 18.6 Å². The number of benzene rings is 1. The Morgan fingerprint density at radius 3 is 2.68 bits per heavy atom. The molecule has 0 fully saturated rings. The van der Waals surface area contributed by atoms with Crippen molar-refractivity contribution in [3.63, 3.8) is 0 Å². The molecule has 1 aromatic carbocycles. The van der Waals surface area contributed by atoms with Crippen LogP contribution in [-0.4, -0.2) is 34.7 Å². The van der Waals surface area contributed by atoms with E-state index in [9.17, 15) is 18.4 Å². The monoisotopic (exact) mass is 285 g/mol. The molecule has 0 saturated heterocycles. The first-order valence-electron chi connectivity index (χ1n) is 5.61. The number of carbonyl (C=O) groups excluding carboxylic acids is 2. The third-order valence-corrected chi connectivity index (χ3v) is 3.20. The lowest BCUT2D eigenvalue weighted by Gasteiger charge is -2.21. The average Bonchev–Trinajstić information content (AvgIpc) is 2.42. The molecule has 0 radical (unpaired) electrons. The summed E-state index contributed by atoms with van der Waals surface area (Å²) < 4.78 is 26.4.